The minimum absolute atomic E-state index is 0.0538. The number of piperazine rings is 1. The molecule has 0 atom stereocenters. The summed E-state index contributed by atoms with van der Waals surface area (Å²) in [5.74, 6) is 0.0538. The van der Waals surface area contributed by atoms with Crippen LogP contribution < -0.4 is 4.90 Å². The van der Waals surface area contributed by atoms with Gasteiger partial charge in [-0.1, -0.05) is 6.07 Å². The molecule has 27 heavy (non-hydrogen) atoms. The van der Waals surface area contributed by atoms with Crippen LogP contribution in [0.15, 0.2) is 30.3 Å². The van der Waals surface area contributed by atoms with Crippen LogP contribution in [0.5, 0.6) is 0 Å². The van der Waals surface area contributed by atoms with Crippen LogP contribution in [0.3, 0.4) is 0 Å². The van der Waals surface area contributed by atoms with Crippen LogP contribution in [0.4, 0.5) is 18.9 Å². The van der Waals surface area contributed by atoms with Crippen LogP contribution in [0, 0.1) is 0 Å². The highest BCUT2D eigenvalue weighted by molar-refractivity contribution is 7.14. The minimum Gasteiger partial charge on any atom is -0.368 e. The predicted molar refractivity (Wildman–Crippen MR) is 101 cm³/mol. The van der Waals surface area contributed by atoms with Crippen LogP contribution in [-0.2, 0) is 19.0 Å². The van der Waals surface area contributed by atoms with Crippen LogP contribution >= 0.6 is 11.3 Å². The molecule has 2 aliphatic rings. The number of alkyl halides is 3. The number of rotatable bonds is 2. The molecule has 0 saturated carbocycles. The molecule has 2 heterocycles. The minimum atomic E-state index is -4.34. The average molecular weight is 394 g/mol. The maximum Gasteiger partial charge on any atom is 0.416 e. The predicted octanol–water partition coefficient (Wildman–Crippen LogP) is 4.61. The van der Waals surface area contributed by atoms with Crippen molar-refractivity contribution in [2.75, 3.05) is 31.1 Å². The van der Waals surface area contributed by atoms with Crippen LogP contribution in [-0.4, -0.2) is 37.0 Å². The van der Waals surface area contributed by atoms with Crippen LogP contribution in [0.2, 0.25) is 0 Å². The monoisotopic (exact) mass is 394 g/mol. The molecule has 1 aliphatic carbocycles. The molecule has 7 heteroatoms. The van der Waals surface area contributed by atoms with Crippen molar-refractivity contribution in [3.8, 4) is 0 Å². The molecule has 144 valence electrons. The van der Waals surface area contributed by atoms with E-state index in [4.69, 9.17) is 0 Å². The first-order valence-electron chi connectivity index (χ1n) is 9.25. The van der Waals surface area contributed by atoms with Gasteiger partial charge in [0.25, 0.3) is 5.91 Å². The van der Waals surface area contributed by atoms with Gasteiger partial charge in [0.05, 0.1) is 10.4 Å². The summed E-state index contributed by atoms with van der Waals surface area (Å²) in [6.45, 7) is 2.13. The van der Waals surface area contributed by atoms with Crippen molar-refractivity contribution in [2.24, 2.45) is 0 Å². The number of thiophene rings is 1. The summed E-state index contributed by atoms with van der Waals surface area (Å²) in [6, 6.07) is 7.44. The largest absolute Gasteiger partial charge is 0.416 e. The lowest BCUT2D eigenvalue weighted by Crippen LogP contribution is -2.48. The van der Waals surface area contributed by atoms with Gasteiger partial charge in [-0.25, -0.2) is 0 Å². The van der Waals surface area contributed by atoms with Gasteiger partial charge in [0.1, 0.15) is 0 Å². The summed E-state index contributed by atoms with van der Waals surface area (Å²) >= 11 is 1.61. The van der Waals surface area contributed by atoms with Crippen molar-refractivity contribution in [3.05, 3.63) is 51.2 Å². The van der Waals surface area contributed by atoms with Gasteiger partial charge in [0.2, 0.25) is 0 Å². The number of fused-ring (bicyclic) bond motifs is 1. The van der Waals surface area contributed by atoms with Crippen molar-refractivity contribution < 1.29 is 18.0 Å². The third-order valence-electron chi connectivity index (χ3n) is 5.31. The second-order valence-electron chi connectivity index (χ2n) is 7.09. The van der Waals surface area contributed by atoms with Gasteiger partial charge in [0.15, 0.2) is 0 Å². The fourth-order valence-corrected chi connectivity index (χ4v) is 5.02. The number of carbonyl (C=O) groups excluding carboxylic acids is 1. The SMILES string of the molecule is O=C(c1cc2c(s1)CCCC2)N1CCN(c2cccc(C(F)(F)F)c2)CC1. The molecule has 1 aromatic heterocycles. The van der Waals surface area contributed by atoms with E-state index in [2.05, 4.69) is 0 Å². The van der Waals surface area contributed by atoms with Crippen molar-refractivity contribution in [1.29, 1.82) is 0 Å². The lowest BCUT2D eigenvalue weighted by molar-refractivity contribution is -0.137. The number of halogens is 3. The smallest absolute Gasteiger partial charge is 0.368 e. The maximum absolute atomic E-state index is 12.9. The van der Waals surface area contributed by atoms with Gasteiger partial charge < -0.3 is 9.80 Å². The number of anilines is 1. The van der Waals surface area contributed by atoms with Gasteiger partial charge in [-0.15, -0.1) is 11.3 Å². The Morgan fingerprint density at radius 2 is 1.74 bits per heavy atom. The molecule has 0 unspecified atom stereocenters. The van der Waals surface area contributed by atoms with Crippen LogP contribution in [0.1, 0.15) is 38.5 Å². The summed E-state index contributed by atoms with van der Waals surface area (Å²) in [5, 5.41) is 0. The zero-order valence-electron chi connectivity index (χ0n) is 14.9. The molecule has 2 aromatic rings. The number of carbonyl (C=O) groups is 1. The normalized spacial score (nSPS) is 17.7. The van der Waals surface area contributed by atoms with E-state index in [1.54, 1.807) is 17.4 Å². The van der Waals surface area contributed by atoms with E-state index in [-0.39, 0.29) is 5.91 Å². The molecule has 1 aliphatic heterocycles. The van der Waals surface area contributed by atoms with Gasteiger partial charge in [0, 0.05) is 36.7 Å². The van der Waals surface area contributed by atoms with E-state index >= 15 is 0 Å². The Morgan fingerprint density at radius 3 is 2.44 bits per heavy atom. The topological polar surface area (TPSA) is 23.6 Å². The van der Waals surface area contributed by atoms with Crippen molar-refractivity contribution >= 4 is 22.9 Å². The first kappa shape index (κ1) is 18.3. The quantitative estimate of drug-likeness (QED) is 0.743. The van der Waals surface area contributed by atoms with Crippen molar-refractivity contribution in [1.82, 2.24) is 4.90 Å². The molecule has 1 fully saturated rings. The molecule has 3 nitrogen and oxygen atoms in total. The molecule has 0 N–H and O–H groups in total. The third kappa shape index (κ3) is 3.83. The zero-order chi connectivity index (χ0) is 19.0. The van der Waals surface area contributed by atoms with E-state index < -0.39 is 11.7 Å². The summed E-state index contributed by atoms with van der Waals surface area (Å²) in [5.41, 5.74) is 1.24. The molecule has 4 rings (SSSR count). The molecular weight excluding hydrogens is 373 g/mol. The zero-order valence-corrected chi connectivity index (χ0v) is 15.7. The standard InChI is InChI=1S/C20H21F3N2OS/c21-20(22,23)15-5-3-6-16(13-15)24-8-10-25(11-9-24)19(26)18-12-14-4-1-2-7-17(14)27-18/h3,5-6,12-13H,1-2,4,7-11H2. The van der Waals surface area contributed by atoms with Gasteiger partial charge in [-0.2, -0.15) is 13.2 Å². The summed E-state index contributed by atoms with van der Waals surface area (Å²) in [6.07, 6.45) is 0.162. The number of hydrogen-bond acceptors (Lipinski definition) is 3. The van der Waals surface area contributed by atoms with Crippen molar-refractivity contribution in [3.63, 3.8) is 0 Å². The van der Waals surface area contributed by atoms with Gasteiger partial charge >= 0.3 is 6.18 Å². The Kier molecular flexibility index (Phi) is 4.88. The summed E-state index contributed by atoms with van der Waals surface area (Å²) in [7, 11) is 0. The highest BCUT2D eigenvalue weighted by Crippen LogP contribution is 2.33. The number of hydrogen-bond donors (Lipinski definition) is 0. The first-order valence-corrected chi connectivity index (χ1v) is 10.1. The molecule has 1 saturated heterocycles. The Labute approximate surface area is 160 Å². The molecule has 0 radical (unpaired) electrons. The number of amides is 1. The van der Waals surface area contributed by atoms with E-state index in [1.165, 1.54) is 35.4 Å². The Bertz CT molecular complexity index is 814. The number of benzene rings is 1. The third-order valence-corrected chi connectivity index (χ3v) is 6.54. The molecule has 1 amide bonds. The Hall–Kier alpha value is -2.02. The number of aryl methyl sites for hydroxylation is 2. The molecule has 1 aromatic carbocycles. The molecular formula is C20H21F3N2OS. The van der Waals surface area contributed by atoms with Crippen LogP contribution in [0.25, 0.3) is 0 Å². The summed E-state index contributed by atoms with van der Waals surface area (Å²) < 4.78 is 38.8. The highest BCUT2D eigenvalue weighted by atomic mass is 32.1. The van der Waals surface area contributed by atoms with E-state index in [0.29, 0.717) is 31.9 Å². The van der Waals surface area contributed by atoms with E-state index in [0.717, 1.165) is 23.8 Å². The second kappa shape index (κ2) is 7.19. The number of nitrogens with zero attached hydrogens (tertiary/aromatic N) is 2. The molecule has 0 spiro atoms. The van der Waals surface area contributed by atoms with E-state index in [1.807, 2.05) is 15.9 Å². The fourth-order valence-electron chi connectivity index (χ4n) is 3.80. The Morgan fingerprint density at radius 1 is 1.00 bits per heavy atom. The van der Waals surface area contributed by atoms with E-state index in [9.17, 15) is 18.0 Å². The van der Waals surface area contributed by atoms with Crippen molar-refractivity contribution in [2.45, 2.75) is 31.9 Å². The van der Waals surface area contributed by atoms with Gasteiger partial charge in [-0.05, 0) is 55.5 Å². The highest BCUT2D eigenvalue weighted by Gasteiger charge is 2.31. The summed E-state index contributed by atoms with van der Waals surface area (Å²) in [4.78, 5) is 18.7. The van der Waals surface area contributed by atoms with Gasteiger partial charge in [-0.3, -0.25) is 4.79 Å². The Balaban J connectivity index is 1.41. The fraction of sp³-hybridized carbons (Fsp3) is 0.450. The lowest BCUT2D eigenvalue weighted by atomic mass is 9.99. The second-order valence-corrected chi connectivity index (χ2v) is 8.23. The molecule has 0 bridgehead atoms. The first-order chi connectivity index (χ1) is 12.9. The maximum atomic E-state index is 12.9. The lowest BCUT2D eigenvalue weighted by Gasteiger charge is -2.36. The average Bonchev–Trinajstić information content (AvgIpc) is 3.11.